The molecule has 0 heterocycles. The maximum absolute atomic E-state index is 6.57. The Labute approximate surface area is 161 Å². The molecular weight excluding hydrogens is 340 g/mol. The molecule has 4 heteroatoms. The Bertz CT molecular complexity index is 548. The van der Waals surface area contributed by atoms with Gasteiger partial charge in [0.05, 0.1) is 18.3 Å². The van der Waals surface area contributed by atoms with Crippen molar-refractivity contribution in [3.63, 3.8) is 0 Å². The molecule has 0 amide bonds. The molecule has 0 aliphatic rings. The van der Waals surface area contributed by atoms with E-state index >= 15 is 0 Å². The minimum atomic E-state index is -1.85. The van der Waals surface area contributed by atoms with E-state index in [1.54, 1.807) is 14.2 Å². The number of methoxy groups -OCH3 is 2. The second-order valence-electron chi connectivity index (χ2n) is 8.61. The van der Waals surface area contributed by atoms with E-state index in [9.17, 15) is 0 Å². The predicted octanol–water partition coefficient (Wildman–Crippen LogP) is 5.78. The summed E-state index contributed by atoms with van der Waals surface area (Å²) in [6.07, 6.45) is 4.17. The van der Waals surface area contributed by atoms with Gasteiger partial charge in [0, 0.05) is 20.1 Å². The van der Waals surface area contributed by atoms with Crippen molar-refractivity contribution in [1.29, 1.82) is 0 Å². The third-order valence-corrected chi connectivity index (χ3v) is 10.2. The summed E-state index contributed by atoms with van der Waals surface area (Å²) >= 11 is 0. The van der Waals surface area contributed by atoms with E-state index in [0.29, 0.717) is 0 Å². The molecule has 1 rings (SSSR count). The van der Waals surface area contributed by atoms with Crippen LogP contribution in [-0.4, -0.2) is 40.8 Å². The van der Waals surface area contributed by atoms with Crippen LogP contribution in [0.5, 0.6) is 0 Å². The summed E-state index contributed by atoms with van der Waals surface area (Å²) in [7, 11) is 1.67. The summed E-state index contributed by atoms with van der Waals surface area (Å²) in [5, 5.41) is 0.177. The zero-order chi connectivity index (χ0) is 20.0. The zero-order valence-corrected chi connectivity index (χ0v) is 19.1. The van der Waals surface area contributed by atoms with Crippen LogP contribution >= 0.6 is 0 Å². The summed E-state index contributed by atoms with van der Waals surface area (Å²) < 4.78 is 18.2. The summed E-state index contributed by atoms with van der Waals surface area (Å²) in [6.45, 7) is 15.6. The molecule has 0 spiro atoms. The molecule has 4 atom stereocenters. The minimum absolute atomic E-state index is 0.0127. The quantitative estimate of drug-likeness (QED) is 0.510. The van der Waals surface area contributed by atoms with Crippen LogP contribution in [-0.2, 0) is 13.9 Å². The zero-order valence-electron chi connectivity index (χ0n) is 18.1. The van der Waals surface area contributed by atoms with Crippen LogP contribution in [0.2, 0.25) is 18.1 Å². The highest BCUT2D eigenvalue weighted by Gasteiger charge is 2.41. The normalized spacial score (nSPS) is 17.9. The van der Waals surface area contributed by atoms with Gasteiger partial charge in [-0.2, -0.15) is 0 Å². The molecule has 0 aliphatic carbocycles. The summed E-state index contributed by atoms with van der Waals surface area (Å²) in [5.74, 6) is 0.171. The van der Waals surface area contributed by atoms with E-state index in [0.717, 1.165) is 0 Å². The van der Waals surface area contributed by atoms with Gasteiger partial charge in [-0.1, -0.05) is 70.2 Å². The first-order valence-electron chi connectivity index (χ1n) is 9.50. The van der Waals surface area contributed by atoms with Gasteiger partial charge < -0.3 is 13.9 Å². The fraction of sp³-hybridized carbons (Fsp3) is 0.636. The first-order chi connectivity index (χ1) is 12.0. The second kappa shape index (κ2) is 9.84. The van der Waals surface area contributed by atoms with Crippen LogP contribution in [0, 0.1) is 5.92 Å². The van der Waals surface area contributed by atoms with Crippen LogP contribution in [0.1, 0.15) is 40.2 Å². The van der Waals surface area contributed by atoms with Crippen molar-refractivity contribution in [2.24, 2.45) is 5.92 Å². The second-order valence-corrected chi connectivity index (χ2v) is 13.4. The van der Waals surface area contributed by atoms with Gasteiger partial charge in [0.1, 0.15) is 0 Å². The first kappa shape index (κ1) is 23.1. The Kier molecular flexibility index (Phi) is 8.74. The first-order valence-corrected chi connectivity index (χ1v) is 12.4. The van der Waals surface area contributed by atoms with Crippen molar-refractivity contribution in [3.8, 4) is 0 Å². The third-order valence-electron chi connectivity index (χ3n) is 5.61. The van der Waals surface area contributed by atoms with Gasteiger partial charge in [0.2, 0.25) is 0 Å². The number of benzene rings is 1. The molecule has 0 aliphatic heterocycles. The minimum Gasteiger partial charge on any atom is -0.412 e. The average Bonchev–Trinajstić information content (AvgIpc) is 2.55. The van der Waals surface area contributed by atoms with Crippen LogP contribution in [0.25, 0.3) is 6.08 Å². The van der Waals surface area contributed by atoms with E-state index in [4.69, 9.17) is 13.9 Å². The highest BCUT2D eigenvalue weighted by Crippen LogP contribution is 2.38. The summed E-state index contributed by atoms with van der Waals surface area (Å²) in [4.78, 5) is 0. The number of hydrogen-bond acceptors (Lipinski definition) is 3. The van der Waals surface area contributed by atoms with Crippen molar-refractivity contribution < 1.29 is 13.9 Å². The molecule has 1 aromatic carbocycles. The highest BCUT2D eigenvalue weighted by molar-refractivity contribution is 6.74. The highest BCUT2D eigenvalue weighted by atomic mass is 28.4. The maximum Gasteiger partial charge on any atom is 0.192 e. The largest absolute Gasteiger partial charge is 0.412 e. The molecule has 1 aromatic rings. The van der Waals surface area contributed by atoms with Crippen molar-refractivity contribution in [2.75, 3.05) is 14.2 Å². The van der Waals surface area contributed by atoms with E-state index < -0.39 is 8.32 Å². The van der Waals surface area contributed by atoms with Gasteiger partial charge in [0.25, 0.3) is 0 Å². The summed E-state index contributed by atoms with van der Waals surface area (Å²) in [5.41, 5.74) is 1.17. The van der Waals surface area contributed by atoms with E-state index in [1.165, 1.54) is 5.56 Å². The van der Waals surface area contributed by atoms with Crippen molar-refractivity contribution in [1.82, 2.24) is 0 Å². The molecular formula is C22H38O3Si. The SMILES string of the molecule is CO[C@@H](/C=C/c1ccccc1)[C@@H](C)[C@@H](OC)C(C)O[Si](C)(C)C(C)(C)C. The Morgan fingerprint density at radius 1 is 0.962 bits per heavy atom. The molecule has 3 nitrogen and oxygen atoms in total. The van der Waals surface area contributed by atoms with Gasteiger partial charge in [-0.3, -0.25) is 0 Å². The van der Waals surface area contributed by atoms with Crippen molar-refractivity contribution in [2.45, 2.75) is 71.1 Å². The Balaban J connectivity index is 2.87. The van der Waals surface area contributed by atoms with Gasteiger partial charge in [0.15, 0.2) is 8.32 Å². The van der Waals surface area contributed by atoms with Gasteiger partial charge >= 0.3 is 0 Å². The number of rotatable bonds is 9. The number of ether oxygens (including phenoxy) is 2. The van der Waals surface area contributed by atoms with Crippen LogP contribution < -0.4 is 0 Å². The Hall–Kier alpha value is -0.943. The standard InChI is InChI=1S/C22H38O3Si/c1-17(20(23-6)16-15-19-13-11-10-12-14-19)21(24-7)18(2)25-26(8,9)22(3,4)5/h10-18,20-21H,1-9H3/b16-15+/t17-,18?,20+,21-/m1/s1. The van der Waals surface area contributed by atoms with Crippen molar-refractivity contribution in [3.05, 3.63) is 42.0 Å². The topological polar surface area (TPSA) is 27.7 Å². The molecule has 0 fully saturated rings. The van der Waals surface area contributed by atoms with Crippen LogP contribution in [0.4, 0.5) is 0 Å². The Morgan fingerprint density at radius 3 is 2.00 bits per heavy atom. The maximum atomic E-state index is 6.57. The monoisotopic (exact) mass is 378 g/mol. The molecule has 148 valence electrons. The molecule has 1 unspecified atom stereocenters. The van der Waals surface area contributed by atoms with Gasteiger partial charge in [-0.05, 0) is 30.6 Å². The third kappa shape index (κ3) is 6.34. The summed E-state index contributed by atoms with van der Waals surface area (Å²) in [6, 6.07) is 10.3. The lowest BCUT2D eigenvalue weighted by Crippen LogP contribution is -2.49. The van der Waals surface area contributed by atoms with Crippen LogP contribution in [0.3, 0.4) is 0 Å². The van der Waals surface area contributed by atoms with Crippen molar-refractivity contribution >= 4 is 14.4 Å². The average molecular weight is 379 g/mol. The molecule has 0 saturated heterocycles. The molecule has 26 heavy (non-hydrogen) atoms. The van der Waals surface area contributed by atoms with Gasteiger partial charge in [-0.15, -0.1) is 0 Å². The molecule has 0 saturated carbocycles. The molecule has 0 N–H and O–H groups in total. The van der Waals surface area contributed by atoms with Crippen LogP contribution in [0.15, 0.2) is 36.4 Å². The predicted molar refractivity (Wildman–Crippen MR) is 114 cm³/mol. The lowest BCUT2D eigenvalue weighted by atomic mass is 9.93. The Morgan fingerprint density at radius 2 is 1.54 bits per heavy atom. The molecule has 0 aromatic heterocycles. The lowest BCUT2D eigenvalue weighted by molar-refractivity contribution is -0.0607. The fourth-order valence-electron chi connectivity index (χ4n) is 2.97. The van der Waals surface area contributed by atoms with E-state index in [-0.39, 0.29) is 29.3 Å². The smallest absolute Gasteiger partial charge is 0.192 e. The van der Waals surface area contributed by atoms with E-state index in [2.05, 4.69) is 72.0 Å². The van der Waals surface area contributed by atoms with Gasteiger partial charge in [-0.25, -0.2) is 0 Å². The molecule has 0 bridgehead atoms. The lowest BCUT2D eigenvalue weighted by Gasteiger charge is -2.41. The van der Waals surface area contributed by atoms with E-state index in [1.807, 2.05) is 18.2 Å². The fourth-order valence-corrected chi connectivity index (χ4v) is 4.39. The number of hydrogen-bond donors (Lipinski definition) is 0. The molecule has 0 radical (unpaired) electrons.